The van der Waals surface area contributed by atoms with Crippen LogP contribution in [0.25, 0.3) is 0 Å². The van der Waals surface area contributed by atoms with Crippen molar-refractivity contribution in [2.45, 2.75) is 91.8 Å². The minimum atomic E-state index is -0.522. The molecule has 0 aromatic rings. The maximum atomic E-state index is 12.8. The maximum absolute atomic E-state index is 12.8. The zero-order valence-electron chi connectivity index (χ0n) is 15.2. The molecule has 128 valence electrons. The van der Waals surface area contributed by atoms with Gasteiger partial charge in [-0.2, -0.15) is 0 Å². The molecule has 3 heteroatoms. The zero-order valence-corrected chi connectivity index (χ0v) is 15.2. The second kappa shape index (κ2) is 5.81. The molecule has 0 heterocycles. The van der Waals surface area contributed by atoms with E-state index < -0.39 is 11.0 Å². The molecule has 2 aliphatic carbocycles. The Bertz CT molecular complexity index is 405. The first-order chi connectivity index (χ1) is 9.97. The van der Waals surface area contributed by atoms with E-state index in [2.05, 4.69) is 27.7 Å². The molecule has 0 aromatic heterocycles. The van der Waals surface area contributed by atoms with Crippen LogP contribution in [0.15, 0.2) is 0 Å². The molecule has 22 heavy (non-hydrogen) atoms. The molecule has 0 saturated heterocycles. The fraction of sp³-hybridized carbons (Fsp3) is 0.947. The van der Waals surface area contributed by atoms with E-state index in [0.717, 1.165) is 32.1 Å². The Labute approximate surface area is 135 Å². The summed E-state index contributed by atoms with van der Waals surface area (Å²) in [5, 5.41) is 10.3. The van der Waals surface area contributed by atoms with Crippen molar-refractivity contribution in [2.75, 3.05) is 0 Å². The summed E-state index contributed by atoms with van der Waals surface area (Å²) in [6.45, 7) is 12.4. The molecular formula is C19H34O3. The summed E-state index contributed by atoms with van der Waals surface area (Å²) >= 11 is 0. The van der Waals surface area contributed by atoms with Gasteiger partial charge < -0.3 is 9.84 Å². The van der Waals surface area contributed by atoms with E-state index in [1.165, 1.54) is 6.42 Å². The molecule has 2 aliphatic rings. The molecule has 1 N–H and O–H groups in total. The van der Waals surface area contributed by atoms with Crippen molar-refractivity contribution in [3.8, 4) is 0 Å². The van der Waals surface area contributed by atoms with E-state index in [-0.39, 0.29) is 17.5 Å². The van der Waals surface area contributed by atoms with Crippen LogP contribution in [0.4, 0.5) is 0 Å². The van der Waals surface area contributed by atoms with E-state index in [1.54, 1.807) is 0 Å². The van der Waals surface area contributed by atoms with Gasteiger partial charge in [0.1, 0.15) is 6.10 Å². The number of rotatable bonds is 3. The van der Waals surface area contributed by atoms with Gasteiger partial charge in [-0.1, -0.05) is 27.7 Å². The van der Waals surface area contributed by atoms with Gasteiger partial charge in [0.05, 0.1) is 11.0 Å². The molecule has 2 bridgehead atoms. The first-order valence-electron chi connectivity index (χ1n) is 8.90. The molecule has 2 fully saturated rings. The highest BCUT2D eigenvalue weighted by Crippen LogP contribution is 2.47. The van der Waals surface area contributed by atoms with E-state index >= 15 is 0 Å². The van der Waals surface area contributed by atoms with Gasteiger partial charge in [0, 0.05) is 0 Å². The number of hydrogen-bond acceptors (Lipinski definition) is 3. The van der Waals surface area contributed by atoms with Crippen molar-refractivity contribution in [2.24, 2.45) is 22.7 Å². The summed E-state index contributed by atoms with van der Waals surface area (Å²) in [7, 11) is 0. The van der Waals surface area contributed by atoms with Gasteiger partial charge in [-0.15, -0.1) is 0 Å². The zero-order chi connectivity index (χ0) is 16.8. The fourth-order valence-electron chi connectivity index (χ4n) is 4.52. The number of carbonyl (C=O) groups excluding carboxylic acids is 1. The Morgan fingerprint density at radius 2 is 1.64 bits per heavy atom. The third-order valence-corrected chi connectivity index (χ3v) is 6.40. The lowest BCUT2D eigenvalue weighted by atomic mass is 9.65. The van der Waals surface area contributed by atoms with Gasteiger partial charge >= 0.3 is 5.97 Å². The van der Waals surface area contributed by atoms with Gasteiger partial charge in [-0.05, 0) is 69.6 Å². The Hall–Kier alpha value is -0.570. The van der Waals surface area contributed by atoms with Crippen LogP contribution < -0.4 is 0 Å². The highest BCUT2D eigenvalue weighted by Gasteiger charge is 2.47. The Morgan fingerprint density at radius 1 is 1.14 bits per heavy atom. The number of ether oxygens (including phenoxy) is 1. The molecule has 0 spiro atoms. The number of aliphatic hydroxyl groups is 1. The smallest absolute Gasteiger partial charge is 0.312 e. The van der Waals surface area contributed by atoms with Crippen LogP contribution in [0.3, 0.4) is 0 Å². The predicted molar refractivity (Wildman–Crippen MR) is 88.4 cm³/mol. The molecule has 2 saturated carbocycles. The molecule has 0 aromatic carbocycles. The molecule has 3 unspecified atom stereocenters. The normalized spacial score (nSPS) is 38.2. The van der Waals surface area contributed by atoms with Crippen LogP contribution in [0, 0.1) is 22.7 Å². The van der Waals surface area contributed by atoms with Crippen molar-refractivity contribution in [1.82, 2.24) is 0 Å². The highest BCUT2D eigenvalue weighted by atomic mass is 16.5. The standard InChI is InChI=1S/C19H34O3/c1-7-19(6,17(2,3)4)16(20)22-15-9-13-8-14(10-15)12-18(5,21)11-13/h13-15,21H,7-12H2,1-6H3. The summed E-state index contributed by atoms with van der Waals surface area (Å²) < 4.78 is 5.96. The van der Waals surface area contributed by atoms with Crippen LogP contribution in [0.2, 0.25) is 0 Å². The number of fused-ring (bicyclic) bond motifs is 2. The average molecular weight is 310 g/mol. The lowest BCUT2D eigenvalue weighted by Gasteiger charge is -2.46. The Balaban J connectivity index is 2.02. The molecule has 3 atom stereocenters. The van der Waals surface area contributed by atoms with Crippen LogP contribution in [0.5, 0.6) is 0 Å². The Morgan fingerprint density at radius 3 is 2.05 bits per heavy atom. The summed E-state index contributed by atoms with van der Waals surface area (Å²) in [5.74, 6) is 0.963. The summed E-state index contributed by atoms with van der Waals surface area (Å²) in [6, 6.07) is 0. The largest absolute Gasteiger partial charge is 0.462 e. The first kappa shape index (κ1) is 17.8. The minimum Gasteiger partial charge on any atom is -0.462 e. The second-order valence-corrected chi connectivity index (χ2v) is 9.31. The van der Waals surface area contributed by atoms with Crippen LogP contribution in [-0.2, 0) is 9.53 Å². The van der Waals surface area contributed by atoms with Crippen molar-refractivity contribution in [3.63, 3.8) is 0 Å². The second-order valence-electron chi connectivity index (χ2n) is 9.31. The van der Waals surface area contributed by atoms with Crippen LogP contribution in [-0.4, -0.2) is 22.8 Å². The molecule has 3 nitrogen and oxygen atoms in total. The topological polar surface area (TPSA) is 46.5 Å². The number of carbonyl (C=O) groups is 1. The molecule has 0 radical (unpaired) electrons. The molecule has 0 aliphatic heterocycles. The minimum absolute atomic E-state index is 0.0422. The third-order valence-electron chi connectivity index (χ3n) is 6.40. The van der Waals surface area contributed by atoms with E-state index in [4.69, 9.17) is 4.74 Å². The SMILES string of the molecule is CCC(C)(C(=O)OC1CC2CC(C1)CC(C)(O)C2)C(C)(C)C. The third kappa shape index (κ3) is 3.50. The van der Waals surface area contributed by atoms with Gasteiger partial charge in [0.15, 0.2) is 0 Å². The van der Waals surface area contributed by atoms with Crippen molar-refractivity contribution >= 4 is 5.97 Å². The van der Waals surface area contributed by atoms with Gasteiger partial charge in [-0.3, -0.25) is 4.79 Å². The van der Waals surface area contributed by atoms with Gasteiger partial charge in [-0.25, -0.2) is 0 Å². The molecule has 0 amide bonds. The molecule has 2 rings (SSSR count). The monoisotopic (exact) mass is 310 g/mol. The highest BCUT2D eigenvalue weighted by molar-refractivity contribution is 5.77. The van der Waals surface area contributed by atoms with Crippen molar-refractivity contribution < 1.29 is 14.6 Å². The first-order valence-corrected chi connectivity index (χ1v) is 8.90. The average Bonchev–Trinajstić information content (AvgIpc) is 2.33. The number of hydrogen-bond donors (Lipinski definition) is 1. The summed E-state index contributed by atoms with van der Waals surface area (Å²) in [5.41, 5.74) is -1.07. The molecular weight excluding hydrogens is 276 g/mol. The quantitative estimate of drug-likeness (QED) is 0.790. The lowest BCUT2D eigenvalue weighted by molar-refractivity contribution is -0.173. The van der Waals surface area contributed by atoms with Crippen LogP contribution >= 0.6 is 0 Å². The fourth-order valence-corrected chi connectivity index (χ4v) is 4.52. The van der Waals surface area contributed by atoms with Gasteiger partial charge in [0.25, 0.3) is 0 Å². The van der Waals surface area contributed by atoms with Crippen molar-refractivity contribution in [3.05, 3.63) is 0 Å². The Kier molecular flexibility index (Phi) is 4.70. The predicted octanol–water partition coefficient (Wildman–Crippen LogP) is 4.32. The van der Waals surface area contributed by atoms with E-state index in [0.29, 0.717) is 11.8 Å². The van der Waals surface area contributed by atoms with E-state index in [1.807, 2.05) is 13.8 Å². The van der Waals surface area contributed by atoms with E-state index in [9.17, 15) is 9.90 Å². The lowest BCUT2D eigenvalue weighted by Crippen LogP contribution is -2.46. The van der Waals surface area contributed by atoms with Gasteiger partial charge in [0.2, 0.25) is 0 Å². The van der Waals surface area contributed by atoms with Crippen molar-refractivity contribution in [1.29, 1.82) is 0 Å². The summed E-state index contributed by atoms with van der Waals surface area (Å²) in [4.78, 5) is 12.8. The number of esters is 1. The van der Waals surface area contributed by atoms with Crippen LogP contribution in [0.1, 0.15) is 80.1 Å². The maximum Gasteiger partial charge on any atom is 0.312 e. The summed E-state index contributed by atoms with van der Waals surface area (Å²) in [6.07, 6.45) is 5.56.